The minimum Gasteiger partial charge on any atom is -0.374 e. The Balaban J connectivity index is 2.40. The molecule has 0 fully saturated rings. The van der Waals surface area contributed by atoms with Crippen molar-refractivity contribution < 1.29 is 0 Å². The van der Waals surface area contributed by atoms with Crippen molar-refractivity contribution in [2.24, 2.45) is 7.05 Å². The molecule has 0 saturated heterocycles. The number of hydrogen-bond donors (Lipinski definition) is 1. The lowest BCUT2D eigenvalue weighted by Crippen LogP contribution is -2.38. The van der Waals surface area contributed by atoms with Gasteiger partial charge in [-0.05, 0) is 6.92 Å². The first-order valence-corrected chi connectivity index (χ1v) is 6.22. The van der Waals surface area contributed by atoms with Crippen molar-refractivity contribution in [3.05, 3.63) is 38.8 Å². The Kier molecular flexibility index (Phi) is 3.56. The number of rotatable bonds is 4. The summed E-state index contributed by atoms with van der Waals surface area (Å²) in [6.07, 6.45) is 1.45. The molecule has 0 radical (unpaired) electrons. The zero-order chi connectivity index (χ0) is 13.1. The smallest absolute Gasteiger partial charge is 0.331 e. The molecule has 0 aliphatic carbocycles. The molecule has 2 aromatic rings. The van der Waals surface area contributed by atoms with Gasteiger partial charge in [-0.1, -0.05) is 4.49 Å². The van der Waals surface area contributed by atoms with Crippen molar-refractivity contribution in [2.75, 3.05) is 11.9 Å². The third-order valence-corrected chi connectivity index (χ3v) is 3.17. The van der Waals surface area contributed by atoms with Crippen LogP contribution in [0.25, 0.3) is 0 Å². The summed E-state index contributed by atoms with van der Waals surface area (Å²) in [6.45, 7) is 2.82. The van der Waals surface area contributed by atoms with Crippen LogP contribution >= 0.6 is 11.5 Å². The molecule has 0 bridgehead atoms. The van der Waals surface area contributed by atoms with Crippen LogP contribution in [0.2, 0.25) is 0 Å². The van der Waals surface area contributed by atoms with Crippen molar-refractivity contribution in [1.82, 2.24) is 18.7 Å². The summed E-state index contributed by atoms with van der Waals surface area (Å²) in [6, 6.07) is 1.36. The van der Waals surface area contributed by atoms with Gasteiger partial charge in [-0.15, -0.1) is 5.10 Å². The molecule has 8 heteroatoms. The predicted molar refractivity (Wildman–Crippen MR) is 69.1 cm³/mol. The molecule has 0 spiro atoms. The monoisotopic (exact) mass is 267 g/mol. The maximum Gasteiger partial charge on any atom is 0.331 e. The Labute approximate surface area is 107 Å². The first kappa shape index (κ1) is 12.5. The van der Waals surface area contributed by atoms with Gasteiger partial charge in [0.15, 0.2) is 0 Å². The number of anilines is 1. The SMILES string of the molecule is CCNc1snnc1Cn1c(=O)ccn(C)c1=O. The fourth-order valence-electron chi connectivity index (χ4n) is 1.52. The van der Waals surface area contributed by atoms with Crippen molar-refractivity contribution in [3.63, 3.8) is 0 Å². The molecule has 18 heavy (non-hydrogen) atoms. The lowest BCUT2D eigenvalue weighted by molar-refractivity contribution is 0.630. The fourth-order valence-corrected chi connectivity index (χ4v) is 2.16. The molecule has 0 aliphatic heterocycles. The molecular formula is C10H13N5O2S. The summed E-state index contributed by atoms with van der Waals surface area (Å²) in [5, 5.41) is 7.83. The van der Waals surface area contributed by atoms with E-state index in [9.17, 15) is 9.59 Å². The fraction of sp³-hybridized carbons (Fsp3) is 0.400. The first-order valence-electron chi connectivity index (χ1n) is 5.45. The average molecular weight is 267 g/mol. The minimum absolute atomic E-state index is 0.130. The molecule has 2 aromatic heterocycles. The van der Waals surface area contributed by atoms with E-state index in [1.54, 1.807) is 7.05 Å². The van der Waals surface area contributed by atoms with E-state index in [1.165, 1.54) is 28.4 Å². The van der Waals surface area contributed by atoms with Crippen molar-refractivity contribution >= 4 is 16.5 Å². The van der Waals surface area contributed by atoms with Gasteiger partial charge in [0.2, 0.25) is 0 Å². The standard InChI is InChI=1S/C10H13N5O2S/c1-3-11-9-7(12-13-18-9)6-15-8(16)4-5-14(2)10(15)17/h4-5,11H,3,6H2,1-2H3. The summed E-state index contributed by atoms with van der Waals surface area (Å²) in [4.78, 5) is 23.5. The third kappa shape index (κ3) is 2.33. The Morgan fingerprint density at radius 2 is 2.22 bits per heavy atom. The van der Waals surface area contributed by atoms with Gasteiger partial charge in [-0.25, -0.2) is 4.79 Å². The number of hydrogen-bond acceptors (Lipinski definition) is 6. The molecule has 0 aliphatic rings. The van der Waals surface area contributed by atoms with Crippen molar-refractivity contribution in [2.45, 2.75) is 13.5 Å². The van der Waals surface area contributed by atoms with E-state index in [4.69, 9.17) is 0 Å². The Morgan fingerprint density at radius 1 is 1.44 bits per heavy atom. The van der Waals surface area contributed by atoms with E-state index >= 15 is 0 Å². The highest BCUT2D eigenvalue weighted by Gasteiger charge is 2.11. The second-order valence-corrected chi connectivity index (χ2v) is 4.47. The molecular weight excluding hydrogens is 254 g/mol. The van der Waals surface area contributed by atoms with Crippen molar-refractivity contribution in [3.8, 4) is 0 Å². The summed E-state index contributed by atoms with van der Waals surface area (Å²) in [5.41, 5.74) is -0.0984. The van der Waals surface area contributed by atoms with Crippen molar-refractivity contribution in [1.29, 1.82) is 0 Å². The number of aryl methyl sites for hydroxylation is 1. The molecule has 0 saturated carbocycles. The normalized spacial score (nSPS) is 10.6. The molecule has 0 atom stereocenters. The van der Waals surface area contributed by atoms with Gasteiger partial charge < -0.3 is 9.88 Å². The molecule has 2 heterocycles. The maximum atomic E-state index is 11.8. The van der Waals surface area contributed by atoms with Gasteiger partial charge in [0.25, 0.3) is 5.56 Å². The lowest BCUT2D eigenvalue weighted by Gasteiger charge is -2.06. The molecule has 7 nitrogen and oxygen atoms in total. The van der Waals surface area contributed by atoms with Crippen LogP contribution in [-0.2, 0) is 13.6 Å². The second-order valence-electron chi connectivity index (χ2n) is 3.71. The van der Waals surface area contributed by atoms with Crippen LogP contribution < -0.4 is 16.6 Å². The van der Waals surface area contributed by atoms with E-state index in [2.05, 4.69) is 14.9 Å². The minimum atomic E-state index is -0.363. The van der Waals surface area contributed by atoms with Crippen LogP contribution in [0.3, 0.4) is 0 Å². The quantitative estimate of drug-likeness (QED) is 0.835. The highest BCUT2D eigenvalue weighted by Crippen LogP contribution is 2.17. The lowest BCUT2D eigenvalue weighted by atomic mass is 10.4. The zero-order valence-corrected chi connectivity index (χ0v) is 10.9. The number of nitrogens with one attached hydrogen (secondary N) is 1. The third-order valence-electron chi connectivity index (χ3n) is 2.44. The van der Waals surface area contributed by atoms with E-state index in [0.29, 0.717) is 5.69 Å². The highest BCUT2D eigenvalue weighted by molar-refractivity contribution is 7.10. The van der Waals surface area contributed by atoms with Gasteiger partial charge in [-0.3, -0.25) is 9.36 Å². The molecule has 0 amide bonds. The molecule has 0 aromatic carbocycles. The zero-order valence-electron chi connectivity index (χ0n) is 10.1. The van der Waals surface area contributed by atoms with Gasteiger partial charge in [0.1, 0.15) is 10.7 Å². The summed E-state index contributed by atoms with van der Waals surface area (Å²) in [5.74, 6) is 0. The molecule has 96 valence electrons. The molecule has 0 unspecified atom stereocenters. The maximum absolute atomic E-state index is 11.8. The van der Waals surface area contributed by atoms with Crippen LogP contribution in [0.5, 0.6) is 0 Å². The van der Waals surface area contributed by atoms with E-state index in [0.717, 1.165) is 16.1 Å². The van der Waals surface area contributed by atoms with Gasteiger partial charge in [-0.2, -0.15) is 0 Å². The average Bonchev–Trinajstić information content (AvgIpc) is 2.78. The van der Waals surface area contributed by atoms with Crippen LogP contribution in [0.1, 0.15) is 12.6 Å². The van der Waals surface area contributed by atoms with Crippen LogP contribution in [0.4, 0.5) is 5.00 Å². The van der Waals surface area contributed by atoms with Crippen LogP contribution in [-0.4, -0.2) is 25.3 Å². The molecule has 1 N–H and O–H groups in total. The van der Waals surface area contributed by atoms with Gasteiger partial charge >= 0.3 is 5.69 Å². The number of aromatic nitrogens is 4. The van der Waals surface area contributed by atoms with Crippen LogP contribution in [0.15, 0.2) is 21.9 Å². The Morgan fingerprint density at radius 3 is 2.94 bits per heavy atom. The highest BCUT2D eigenvalue weighted by atomic mass is 32.1. The second kappa shape index (κ2) is 5.13. The Bertz CT molecular complexity index is 657. The topological polar surface area (TPSA) is 81.8 Å². The molecule has 2 rings (SSSR count). The predicted octanol–water partition coefficient (Wildman–Crippen LogP) is -0.121. The Hall–Kier alpha value is -1.96. The largest absolute Gasteiger partial charge is 0.374 e. The van der Waals surface area contributed by atoms with Gasteiger partial charge in [0, 0.05) is 37.4 Å². The summed E-state index contributed by atoms with van der Waals surface area (Å²) in [7, 11) is 1.60. The first-order chi connectivity index (χ1) is 8.63. The summed E-state index contributed by atoms with van der Waals surface area (Å²) < 4.78 is 6.32. The summed E-state index contributed by atoms with van der Waals surface area (Å²) >= 11 is 1.21. The van der Waals surface area contributed by atoms with Gasteiger partial charge in [0.05, 0.1) is 6.54 Å². The van der Waals surface area contributed by atoms with E-state index in [-0.39, 0.29) is 17.8 Å². The van der Waals surface area contributed by atoms with Crippen LogP contribution in [0, 0.1) is 0 Å². The number of nitrogens with zero attached hydrogens (tertiary/aromatic N) is 4. The van der Waals surface area contributed by atoms with E-state index in [1.807, 2.05) is 6.92 Å². The van der Waals surface area contributed by atoms with E-state index < -0.39 is 0 Å².